The Morgan fingerprint density at radius 2 is 1.70 bits per heavy atom. The van der Waals surface area contributed by atoms with E-state index in [1.165, 1.54) is 0 Å². The van der Waals surface area contributed by atoms with E-state index in [0.29, 0.717) is 0 Å². The largest absolute Gasteiger partial charge is 0.445 e. The zero-order valence-electron chi connectivity index (χ0n) is 14.3. The van der Waals surface area contributed by atoms with Crippen molar-refractivity contribution in [2.24, 2.45) is 0 Å². The zero-order chi connectivity index (χ0) is 19.9. The number of anilines is 1. The van der Waals surface area contributed by atoms with E-state index >= 15 is 0 Å². The van der Waals surface area contributed by atoms with E-state index in [9.17, 15) is 4.79 Å². The molecule has 0 aliphatic rings. The molecule has 144 valence electrons. The number of hydrogen-bond donors (Lipinski definition) is 3. The second kappa shape index (κ2) is 9.99. The average molecular weight is 447 g/mol. The third kappa shape index (κ3) is 7.81. The molecular formula is C18H18Cl3N3O2S. The molecule has 0 fully saturated rings. The van der Waals surface area contributed by atoms with Crippen molar-refractivity contribution in [1.29, 1.82) is 0 Å². The number of alkyl carbamates (subject to hydrolysis) is 1. The summed E-state index contributed by atoms with van der Waals surface area (Å²) in [4.78, 5) is 12.0. The lowest BCUT2D eigenvalue weighted by molar-refractivity contribution is 0.135. The number of nitrogens with one attached hydrogen (secondary N) is 3. The molecule has 9 heteroatoms. The molecule has 0 aliphatic heterocycles. The number of carbonyl (C=O) groups is 1. The minimum absolute atomic E-state index is 0.0886. The summed E-state index contributed by atoms with van der Waals surface area (Å²) in [5, 5.41) is 8.35. The summed E-state index contributed by atoms with van der Waals surface area (Å²) >= 11 is 23.0. The van der Waals surface area contributed by atoms with Crippen molar-refractivity contribution >= 4 is 63.9 Å². The summed E-state index contributed by atoms with van der Waals surface area (Å²) in [7, 11) is 0. The maximum Gasteiger partial charge on any atom is 0.409 e. The van der Waals surface area contributed by atoms with E-state index in [-0.39, 0.29) is 11.7 Å². The van der Waals surface area contributed by atoms with E-state index in [4.69, 9.17) is 51.8 Å². The normalized spacial score (nSPS) is 12.0. The van der Waals surface area contributed by atoms with Crippen LogP contribution in [0.5, 0.6) is 0 Å². The Morgan fingerprint density at radius 1 is 1.07 bits per heavy atom. The number of amides is 1. The third-order valence-electron chi connectivity index (χ3n) is 3.39. The van der Waals surface area contributed by atoms with Gasteiger partial charge in [0.05, 0.1) is 0 Å². The topological polar surface area (TPSA) is 62.4 Å². The second-order valence-electron chi connectivity index (χ2n) is 5.65. The van der Waals surface area contributed by atoms with Gasteiger partial charge in [-0.2, -0.15) is 0 Å². The lowest BCUT2D eigenvalue weighted by atomic mass is 10.2. The number of halogens is 3. The number of aryl methyl sites for hydroxylation is 1. The fraction of sp³-hybridized carbons (Fsp3) is 0.222. The Bertz CT molecular complexity index is 768. The van der Waals surface area contributed by atoms with Crippen LogP contribution in [0.1, 0.15) is 11.1 Å². The Labute approximate surface area is 178 Å². The highest BCUT2D eigenvalue weighted by molar-refractivity contribution is 7.80. The van der Waals surface area contributed by atoms with Gasteiger partial charge in [0, 0.05) is 5.69 Å². The maximum atomic E-state index is 12.0. The molecule has 0 bridgehead atoms. The molecule has 5 nitrogen and oxygen atoms in total. The summed E-state index contributed by atoms with van der Waals surface area (Å²) in [5.41, 5.74) is 2.71. The van der Waals surface area contributed by atoms with Gasteiger partial charge in [-0.3, -0.25) is 5.32 Å². The number of alkyl halides is 3. The lowest BCUT2D eigenvalue weighted by Crippen LogP contribution is -2.56. The summed E-state index contributed by atoms with van der Waals surface area (Å²) < 4.78 is 3.28. The van der Waals surface area contributed by atoms with Crippen LogP contribution < -0.4 is 16.0 Å². The Morgan fingerprint density at radius 3 is 2.30 bits per heavy atom. The van der Waals surface area contributed by atoms with Crippen molar-refractivity contribution in [3.63, 3.8) is 0 Å². The van der Waals surface area contributed by atoms with Crippen LogP contribution in [0.15, 0.2) is 54.6 Å². The van der Waals surface area contributed by atoms with Gasteiger partial charge in [0.1, 0.15) is 6.61 Å². The molecule has 0 saturated carbocycles. The lowest BCUT2D eigenvalue weighted by Gasteiger charge is -2.27. The van der Waals surface area contributed by atoms with Crippen LogP contribution in [-0.4, -0.2) is 21.2 Å². The molecule has 1 amide bonds. The molecule has 3 N–H and O–H groups in total. The number of thiocarbonyl (C=S) groups is 1. The monoisotopic (exact) mass is 445 g/mol. The highest BCUT2D eigenvalue weighted by Gasteiger charge is 2.35. The van der Waals surface area contributed by atoms with Crippen molar-refractivity contribution in [3.8, 4) is 0 Å². The zero-order valence-corrected chi connectivity index (χ0v) is 17.4. The summed E-state index contributed by atoms with van der Waals surface area (Å²) in [6.07, 6.45) is -1.85. The molecule has 0 radical (unpaired) electrons. The van der Waals surface area contributed by atoms with E-state index in [1.54, 1.807) is 0 Å². The van der Waals surface area contributed by atoms with Crippen LogP contribution in [0.3, 0.4) is 0 Å². The molecule has 0 spiro atoms. The van der Waals surface area contributed by atoms with Crippen molar-refractivity contribution in [2.75, 3.05) is 5.32 Å². The molecule has 0 saturated heterocycles. The Balaban J connectivity index is 1.91. The number of carbonyl (C=O) groups excluding carboxylic acids is 1. The van der Waals surface area contributed by atoms with E-state index in [2.05, 4.69) is 16.0 Å². The molecular weight excluding hydrogens is 429 g/mol. The van der Waals surface area contributed by atoms with Gasteiger partial charge in [-0.05, 0) is 36.8 Å². The highest BCUT2D eigenvalue weighted by atomic mass is 35.6. The maximum absolute atomic E-state index is 12.0. The van der Waals surface area contributed by atoms with E-state index < -0.39 is 16.1 Å². The van der Waals surface area contributed by atoms with Gasteiger partial charge in [0.2, 0.25) is 3.79 Å². The van der Waals surface area contributed by atoms with Crippen LogP contribution in [-0.2, 0) is 11.3 Å². The number of rotatable bonds is 5. The standard InChI is InChI=1S/C18H18Cl3N3O2S/c1-12-7-9-14(10-8-12)22-16(27)23-15(18(19,20)21)24-17(25)26-11-13-5-3-2-4-6-13/h2-10,15H,11H2,1H3,(H,24,25)(H2,22,23,27)/t15-/m1/s1. The molecule has 0 aliphatic carbocycles. The fourth-order valence-electron chi connectivity index (χ4n) is 2.02. The van der Waals surface area contributed by atoms with Gasteiger partial charge >= 0.3 is 6.09 Å². The first-order chi connectivity index (χ1) is 12.7. The number of benzene rings is 2. The quantitative estimate of drug-likeness (QED) is 0.346. The molecule has 0 unspecified atom stereocenters. The molecule has 27 heavy (non-hydrogen) atoms. The molecule has 2 rings (SSSR count). The van der Waals surface area contributed by atoms with Gasteiger partial charge in [-0.15, -0.1) is 0 Å². The van der Waals surface area contributed by atoms with Crippen molar-refractivity contribution < 1.29 is 9.53 Å². The molecule has 0 aromatic heterocycles. The van der Waals surface area contributed by atoms with Crippen LogP contribution in [0.4, 0.5) is 10.5 Å². The van der Waals surface area contributed by atoms with Crippen LogP contribution in [0.25, 0.3) is 0 Å². The van der Waals surface area contributed by atoms with Crippen molar-refractivity contribution in [1.82, 2.24) is 10.6 Å². The Hall–Kier alpha value is -1.73. The van der Waals surface area contributed by atoms with Gasteiger partial charge in [-0.25, -0.2) is 4.79 Å². The minimum Gasteiger partial charge on any atom is -0.445 e. The second-order valence-corrected chi connectivity index (χ2v) is 8.42. The Kier molecular flexibility index (Phi) is 7.98. The van der Waals surface area contributed by atoms with Crippen LogP contribution >= 0.6 is 47.0 Å². The fourth-order valence-corrected chi connectivity index (χ4v) is 2.58. The van der Waals surface area contributed by atoms with Crippen LogP contribution in [0, 0.1) is 6.92 Å². The number of ether oxygens (including phenoxy) is 1. The van der Waals surface area contributed by atoms with E-state index in [0.717, 1.165) is 16.8 Å². The van der Waals surface area contributed by atoms with Gasteiger partial charge in [-0.1, -0.05) is 82.8 Å². The van der Waals surface area contributed by atoms with Gasteiger partial charge in [0.15, 0.2) is 11.3 Å². The molecule has 2 aromatic carbocycles. The average Bonchev–Trinajstić information content (AvgIpc) is 2.61. The summed E-state index contributed by atoms with van der Waals surface area (Å²) in [6, 6.07) is 16.8. The first kappa shape index (κ1) is 21.6. The van der Waals surface area contributed by atoms with Crippen LogP contribution in [0.2, 0.25) is 0 Å². The molecule has 1 atom stereocenters. The summed E-state index contributed by atoms with van der Waals surface area (Å²) in [5.74, 6) is 0. The first-order valence-corrected chi connectivity index (χ1v) is 9.46. The summed E-state index contributed by atoms with van der Waals surface area (Å²) in [6.45, 7) is 2.06. The smallest absolute Gasteiger partial charge is 0.409 e. The predicted octanol–water partition coefficient (Wildman–Crippen LogP) is 4.90. The third-order valence-corrected chi connectivity index (χ3v) is 4.26. The SMILES string of the molecule is Cc1ccc(NC(=S)N[C@H](NC(=O)OCc2ccccc2)C(Cl)(Cl)Cl)cc1. The number of hydrogen-bond acceptors (Lipinski definition) is 3. The predicted molar refractivity (Wildman–Crippen MR) is 114 cm³/mol. The highest BCUT2D eigenvalue weighted by Crippen LogP contribution is 2.29. The van der Waals surface area contributed by atoms with Gasteiger partial charge < -0.3 is 15.4 Å². The minimum atomic E-state index is -1.86. The first-order valence-electron chi connectivity index (χ1n) is 7.92. The van der Waals surface area contributed by atoms with Gasteiger partial charge in [0.25, 0.3) is 0 Å². The molecule has 0 heterocycles. The van der Waals surface area contributed by atoms with Crippen molar-refractivity contribution in [2.45, 2.75) is 23.5 Å². The molecule has 2 aromatic rings. The van der Waals surface area contributed by atoms with Crippen molar-refractivity contribution in [3.05, 3.63) is 65.7 Å². The van der Waals surface area contributed by atoms with E-state index in [1.807, 2.05) is 61.5 Å².